The van der Waals surface area contributed by atoms with Gasteiger partial charge in [-0.2, -0.15) is 13.2 Å². The quantitative estimate of drug-likeness (QED) is 0.870. The number of nitrogens with one attached hydrogen (secondary N) is 1. The molecule has 0 aliphatic carbocycles. The van der Waals surface area contributed by atoms with Crippen molar-refractivity contribution in [1.82, 2.24) is 9.97 Å². The Kier molecular flexibility index (Phi) is 3.43. The summed E-state index contributed by atoms with van der Waals surface area (Å²) in [6, 6.07) is 5.11. The van der Waals surface area contributed by atoms with E-state index in [0.717, 1.165) is 6.92 Å². The van der Waals surface area contributed by atoms with Crippen LogP contribution in [0.5, 0.6) is 5.75 Å². The highest BCUT2D eigenvalue weighted by molar-refractivity contribution is 7.99. The highest BCUT2D eigenvalue weighted by Gasteiger charge is 2.37. The van der Waals surface area contributed by atoms with Crippen LogP contribution in [0, 0.1) is 0 Å². The molecule has 0 amide bonds. The van der Waals surface area contributed by atoms with Gasteiger partial charge in [0, 0.05) is 6.07 Å². The smallest absolute Gasteiger partial charge is 0.400 e. The van der Waals surface area contributed by atoms with E-state index < -0.39 is 11.4 Å². The number of alkyl halides is 3. The number of benzene rings is 1. The molecule has 18 heavy (non-hydrogen) atoms. The van der Waals surface area contributed by atoms with Crippen molar-refractivity contribution in [3.63, 3.8) is 0 Å². The summed E-state index contributed by atoms with van der Waals surface area (Å²) in [6.45, 7) is 1.11. The number of H-pyrrole nitrogens is 1. The highest BCUT2D eigenvalue weighted by atomic mass is 32.2. The number of thioether (sulfide) groups is 1. The summed E-state index contributed by atoms with van der Waals surface area (Å²) < 4.78 is 42.3. The Morgan fingerprint density at radius 1 is 1.39 bits per heavy atom. The Morgan fingerprint density at radius 2 is 2.11 bits per heavy atom. The molecule has 1 heterocycles. The monoisotopic (exact) mass is 276 g/mol. The topological polar surface area (TPSA) is 37.9 Å². The van der Waals surface area contributed by atoms with Crippen LogP contribution < -0.4 is 4.74 Å². The summed E-state index contributed by atoms with van der Waals surface area (Å²) in [5, 5.41) is -1.25. The normalized spacial score (nSPS) is 13.8. The zero-order chi connectivity index (χ0) is 13.3. The molecule has 1 N–H and O–H groups in total. The van der Waals surface area contributed by atoms with Gasteiger partial charge in [-0.05, 0) is 19.1 Å². The van der Waals surface area contributed by atoms with Gasteiger partial charge in [0.2, 0.25) is 0 Å². The lowest BCUT2D eigenvalue weighted by Crippen LogP contribution is -2.22. The molecular weight excluding hydrogens is 265 g/mol. The first kappa shape index (κ1) is 13.1. The summed E-state index contributed by atoms with van der Waals surface area (Å²) in [7, 11) is 1.53. The van der Waals surface area contributed by atoms with Gasteiger partial charge in [-0.25, -0.2) is 4.98 Å². The molecule has 3 nitrogen and oxygen atoms in total. The number of nitrogens with zero attached hydrogens (tertiary/aromatic N) is 1. The number of ether oxygens (including phenoxy) is 1. The van der Waals surface area contributed by atoms with E-state index in [2.05, 4.69) is 9.97 Å². The Balaban J connectivity index is 2.25. The van der Waals surface area contributed by atoms with Crippen molar-refractivity contribution in [2.24, 2.45) is 0 Å². The van der Waals surface area contributed by atoms with Gasteiger partial charge >= 0.3 is 6.18 Å². The van der Waals surface area contributed by atoms with Crippen LogP contribution in [0.3, 0.4) is 0 Å². The second-order valence-corrected chi connectivity index (χ2v) is 5.06. The fraction of sp³-hybridized carbons (Fsp3) is 0.364. The van der Waals surface area contributed by atoms with Gasteiger partial charge in [0.05, 0.1) is 18.1 Å². The molecule has 0 bridgehead atoms. The van der Waals surface area contributed by atoms with Gasteiger partial charge in [0.1, 0.15) is 11.0 Å². The first-order valence-corrected chi connectivity index (χ1v) is 6.05. The van der Waals surface area contributed by atoms with E-state index >= 15 is 0 Å². The fourth-order valence-electron chi connectivity index (χ4n) is 1.38. The minimum absolute atomic E-state index is 0.253. The van der Waals surface area contributed by atoms with Crippen molar-refractivity contribution < 1.29 is 17.9 Å². The summed E-state index contributed by atoms with van der Waals surface area (Å²) >= 11 is 0.657. The van der Waals surface area contributed by atoms with Crippen LogP contribution in [0.1, 0.15) is 6.92 Å². The van der Waals surface area contributed by atoms with Crippen LogP contribution in [0.15, 0.2) is 23.4 Å². The van der Waals surface area contributed by atoms with Crippen LogP contribution in [0.25, 0.3) is 11.0 Å². The zero-order valence-corrected chi connectivity index (χ0v) is 10.5. The molecule has 0 fully saturated rings. The molecule has 0 saturated carbocycles. The van der Waals surface area contributed by atoms with Crippen molar-refractivity contribution in [1.29, 1.82) is 0 Å². The lowest BCUT2D eigenvalue weighted by Gasteiger charge is -2.12. The number of halogens is 3. The predicted octanol–water partition coefficient (Wildman–Crippen LogP) is 3.61. The minimum Gasteiger partial charge on any atom is -0.497 e. The lowest BCUT2D eigenvalue weighted by atomic mass is 10.3. The van der Waals surface area contributed by atoms with Crippen LogP contribution >= 0.6 is 11.8 Å². The van der Waals surface area contributed by atoms with Crippen molar-refractivity contribution in [3.05, 3.63) is 18.2 Å². The maximum Gasteiger partial charge on any atom is 0.400 e. The molecule has 2 rings (SSSR count). The molecule has 0 aliphatic heterocycles. The molecule has 0 saturated heterocycles. The third-order valence-corrected chi connectivity index (χ3v) is 3.45. The van der Waals surface area contributed by atoms with Gasteiger partial charge in [-0.15, -0.1) is 0 Å². The molecule has 0 aliphatic rings. The molecule has 0 radical (unpaired) electrons. The van der Waals surface area contributed by atoms with E-state index in [9.17, 15) is 13.2 Å². The van der Waals surface area contributed by atoms with Crippen LogP contribution in [0.4, 0.5) is 13.2 Å². The van der Waals surface area contributed by atoms with E-state index in [-0.39, 0.29) is 5.16 Å². The van der Waals surface area contributed by atoms with Gasteiger partial charge in [0.15, 0.2) is 5.16 Å². The van der Waals surface area contributed by atoms with E-state index in [0.29, 0.717) is 28.5 Å². The van der Waals surface area contributed by atoms with Crippen LogP contribution in [0.2, 0.25) is 0 Å². The zero-order valence-electron chi connectivity index (χ0n) is 9.71. The maximum absolute atomic E-state index is 12.4. The number of hydrogen-bond donors (Lipinski definition) is 1. The van der Waals surface area contributed by atoms with Crippen molar-refractivity contribution in [3.8, 4) is 5.75 Å². The average Bonchev–Trinajstić information content (AvgIpc) is 2.68. The Bertz CT molecular complexity index is 553. The summed E-state index contributed by atoms with van der Waals surface area (Å²) in [5.74, 6) is 0.631. The Morgan fingerprint density at radius 3 is 2.72 bits per heavy atom. The average molecular weight is 276 g/mol. The third-order valence-electron chi connectivity index (χ3n) is 2.42. The largest absolute Gasteiger partial charge is 0.497 e. The van der Waals surface area contributed by atoms with Gasteiger partial charge in [-0.1, -0.05) is 11.8 Å². The van der Waals surface area contributed by atoms with E-state index in [1.807, 2.05) is 0 Å². The summed E-state index contributed by atoms with van der Waals surface area (Å²) in [6.07, 6.45) is -4.23. The molecule has 1 atom stereocenters. The van der Waals surface area contributed by atoms with Gasteiger partial charge < -0.3 is 9.72 Å². The van der Waals surface area contributed by atoms with Crippen LogP contribution in [-0.4, -0.2) is 28.5 Å². The molecule has 0 spiro atoms. The molecule has 0 unspecified atom stereocenters. The molecule has 98 valence electrons. The van der Waals surface area contributed by atoms with Crippen molar-refractivity contribution in [2.75, 3.05) is 7.11 Å². The Labute approximate surface area is 106 Å². The molecular formula is C11H11F3N2OS. The van der Waals surface area contributed by atoms with Crippen molar-refractivity contribution in [2.45, 2.75) is 23.5 Å². The summed E-state index contributed by atoms with van der Waals surface area (Å²) in [5.41, 5.74) is 1.28. The number of hydrogen-bond acceptors (Lipinski definition) is 3. The van der Waals surface area contributed by atoms with Crippen molar-refractivity contribution >= 4 is 22.8 Å². The third kappa shape index (κ3) is 2.72. The fourth-order valence-corrected chi connectivity index (χ4v) is 2.17. The molecule has 1 aromatic heterocycles. The van der Waals surface area contributed by atoms with Gasteiger partial charge in [0.25, 0.3) is 0 Å². The number of methoxy groups -OCH3 is 1. The number of rotatable bonds is 3. The number of aromatic nitrogens is 2. The van der Waals surface area contributed by atoms with E-state index in [4.69, 9.17) is 4.74 Å². The Hall–Kier alpha value is -1.37. The molecule has 2 aromatic rings. The maximum atomic E-state index is 12.4. The van der Waals surface area contributed by atoms with Gasteiger partial charge in [-0.3, -0.25) is 0 Å². The molecule has 1 aromatic carbocycles. The number of aromatic amines is 1. The second kappa shape index (κ2) is 4.72. The SMILES string of the molecule is COc1ccc2nc(S[C@H](C)C(F)(F)F)[nH]c2c1. The van der Waals surface area contributed by atoms with Crippen LogP contribution in [-0.2, 0) is 0 Å². The minimum atomic E-state index is -4.23. The molecule has 7 heteroatoms. The van der Waals surface area contributed by atoms with E-state index in [1.54, 1.807) is 18.2 Å². The highest BCUT2D eigenvalue weighted by Crippen LogP contribution is 2.34. The predicted molar refractivity (Wildman–Crippen MR) is 64.0 cm³/mol. The summed E-state index contributed by atoms with van der Waals surface area (Å²) in [4.78, 5) is 6.94. The first-order chi connectivity index (χ1) is 8.40. The first-order valence-electron chi connectivity index (χ1n) is 5.17. The second-order valence-electron chi connectivity index (χ2n) is 3.73. The number of imidazole rings is 1. The lowest BCUT2D eigenvalue weighted by molar-refractivity contribution is -0.125. The number of fused-ring (bicyclic) bond motifs is 1. The van der Waals surface area contributed by atoms with E-state index in [1.165, 1.54) is 7.11 Å². The standard InChI is InChI=1S/C11H11F3N2OS/c1-6(11(12,13)14)18-10-15-8-4-3-7(17-2)5-9(8)16-10/h3-6H,1-2H3,(H,15,16)/t6-/m1/s1.